The average Bonchev–Trinajstić information content (AvgIpc) is 2.61. The molecular formula is C20H32N2O3. The molecule has 140 valence electrons. The number of aliphatic hydroxyl groups excluding tert-OH is 1. The van der Waals surface area contributed by atoms with E-state index in [1.807, 2.05) is 18.2 Å². The molecule has 1 heterocycles. The van der Waals surface area contributed by atoms with Crippen molar-refractivity contribution in [2.24, 2.45) is 5.92 Å². The highest BCUT2D eigenvalue weighted by Crippen LogP contribution is 2.26. The summed E-state index contributed by atoms with van der Waals surface area (Å²) in [5.74, 6) is 1.84. The zero-order valence-electron chi connectivity index (χ0n) is 15.7. The Morgan fingerprint density at radius 3 is 2.64 bits per heavy atom. The fourth-order valence-electron chi connectivity index (χ4n) is 3.36. The van der Waals surface area contributed by atoms with Gasteiger partial charge in [-0.3, -0.25) is 4.79 Å². The zero-order valence-corrected chi connectivity index (χ0v) is 15.7. The number of ether oxygens (including phenoxy) is 1. The highest BCUT2D eigenvalue weighted by atomic mass is 16.5. The molecule has 0 bridgehead atoms. The Kier molecular flexibility index (Phi) is 7.72. The molecule has 0 aromatic heterocycles. The first-order valence-corrected chi connectivity index (χ1v) is 9.32. The van der Waals surface area contributed by atoms with Gasteiger partial charge >= 0.3 is 0 Å². The molecule has 1 fully saturated rings. The van der Waals surface area contributed by atoms with Gasteiger partial charge in [0.25, 0.3) is 0 Å². The minimum atomic E-state index is -0.504. The molecule has 0 spiro atoms. The minimum absolute atomic E-state index is 0.121. The number of nitrogens with zero attached hydrogens (tertiary/aromatic N) is 1. The van der Waals surface area contributed by atoms with Gasteiger partial charge in [0.1, 0.15) is 18.5 Å². The summed E-state index contributed by atoms with van der Waals surface area (Å²) in [6.07, 6.45) is 2.13. The predicted molar refractivity (Wildman–Crippen MR) is 99.9 cm³/mol. The van der Waals surface area contributed by atoms with Crippen molar-refractivity contribution in [1.29, 1.82) is 0 Å². The first-order valence-electron chi connectivity index (χ1n) is 9.32. The van der Waals surface area contributed by atoms with E-state index in [0.29, 0.717) is 31.4 Å². The van der Waals surface area contributed by atoms with Crippen LogP contribution < -0.4 is 10.1 Å². The highest BCUT2D eigenvalue weighted by molar-refractivity contribution is 5.75. The van der Waals surface area contributed by atoms with Gasteiger partial charge in [-0.2, -0.15) is 0 Å². The number of hydrogen-bond donors (Lipinski definition) is 2. The third-order valence-corrected chi connectivity index (χ3v) is 4.90. The van der Waals surface area contributed by atoms with Gasteiger partial charge in [0.2, 0.25) is 5.91 Å². The van der Waals surface area contributed by atoms with E-state index in [2.05, 4.69) is 30.1 Å². The number of β-amino-alcohol motifs (C(OH)–C–C–N with tert-alkyl or cyclic N) is 1. The normalized spacial score (nSPS) is 17.5. The van der Waals surface area contributed by atoms with E-state index < -0.39 is 6.10 Å². The fraction of sp³-hybridized carbons (Fsp3) is 0.650. The van der Waals surface area contributed by atoms with Gasteiger partial charge in [-0.05, 0) is 49.4 Å². The summed E-state index contributed by atoms with van der Waals surface area (Å²) in [5, 5.41) is 13.0. The van der Waals surface area contributed by atoms with Crippen LogP contribution in [0, 0.1) is 5.92 Å². The van der Waals surface area contributed by atoms with Crippen molar-refractivity contribution < 1.29 is 14.6 Å². The lowest BCUT2D eigenvalue weighted by Gasteiger charge is -2.32. The maximum atomic E-state index is 11.5. The molecule has 1 aliphatic heterocycles. The second-order valence-electron chi connectivity index (χ2n) is 7.28. The number of benzene rings is 1. The number of para-hydroxylation sites is 1. The Labute approximate surface area is 151 Å². The quantitative estimate of drug-likeness (QED) is 0.757. The molecule has 1 aliphatic rings. The predicted octanol–water partition coefficient (Wildman–Crippen LogP) is 2.40. The van der Waals surface area contributed by atoms with E-state index in [0.717, 1.165) is 31.7 Å². The molecule has 1 unspecified atom stereocenters. The molecule has 2 rings (SSSR count). The Balaban J connectivity index is 1.73. The van der Waals surface area contributed by atoms with Crippen molar-refractivity contribution in [3.63, 3.8) is 0 Å². The average molecular weight is 348 g/mol. The number of hydrogen-bond acceptors (Lipinski definition) is 4. The van der Waals surface area contributed by atoms with E-state index in [1.54, 1.807) is 7.05 Å². The van der Waals surface area contributed by atoms with Crippen LogP contribution in [-0.4, -0.2) is 55.3 Å². The van der Waals surface area contributed by atoms with E-state index in [-0.39, 0.29) is 5.91 Å². The third kappa shape index (κ3) is 6.33. The Hall–Kier alpha value is -1.59. The van der Waals surface area contributed by atoms with Gasteiger partial charge in [0, 0.05) is 20.0 Å². The second-order valence-corrected chi connectivity index (χ2v) is 7.28. The summed E-state index contributed by atoms with van der Waals surface area (Å²) in [7, 11) is 1.69. The number of likely N-dealkylation sites (tertiary alicyclic amines) is 1. The maximum absolute atomic E-state index is 11.5. The Morgan fingerprint density at radius 1 is 1.32 bits per heavy atom. The number of aliphatic hydroxyl groups is 1. The molecule has 0 radical (unpaired) electrons. The molecule has 1 aromatic rings. The SMILES string of the molecule is CNC(=O)CC1CCN(CC(O)COc2ccccc2C(C)C)CC1. The lowest BCUT2D eigenvalue weighted by Crippen LogP contribution is -2.41. The monoisotopic (exact) mass is 348 g/mol. The molecule has 1 aromatic carbocycles. The molecule has 1 atom stereocenters. The van der Waals surface area contributed by atoms with E-state index in [1.165, 1.54) is 5.56 Å². The van der Waals surface area contributed by atoms with Crippen molar-refractivity contribution in [3.8, 4) is 5.75 Å². The number of carbonyl (C=O) groups excluding carboxylic acids is 1. The van der Waals surface area contributed by atoms with Crippen molar-refractivity contribution in [2.75, 3.05) is 33.3 Å². The number of amides is 1. The van der Waals surface area contributed by atoms with Gasteiger partial charge < -0.3 is 20.1 Å². The van der Waals surface area contributed by atoms with Crippen LogP contribution >= 0.6 is 0 Å². The lowest BCUT2D eigenvalue weighted by atomic mass is 9.93. The standard InChI is InChI=1S/C20H32N2O3/c1-15(2)18-6-4-5-7-19(18)25-14-17(23)13-22-10-8-16(9-11-22)12-20(24)21-3/h4-7,15-17,23H,8-14H2,1-3H3,(H,21,24). The highest BCUT2D eigenvalue weighted by Gasteiger charge is 2.23. The number of carbonyl (C=O) groups is 1. The molecule has 5 nitrogen and oxygen atoms in total. The van der Waals surface area contributed by atoms with Crippen molar-refractivity contribution in [1.82, 2.24) is 10.2 Å². The van der Waals surface area contributed by atoms with Crippen LogP contribution in [0.2, 0.25) is 0 Å². The number of piperidine rings is 1. The summed E-state index contributed by atoms with van der Waals surface area (Å²) >= 11 is 0. The summed E-state index contributed by atoms with van der Waals surface area (Å²) in [4.78, 5) is 13.7. The van der Waals surface area contributed by atoms with Crippen LogP contribution in [0.1, 0.15) is 44.6 Å². The molecule has 1 saturated heterocycles. The van der Waals surface area contributed by atoms with Gasteiger partial charge in [-0.25, -0.2) is 0 Å². The van der Waals surface area contributed by atoms with Gasteiger partial charge in [0.15, 0.2) is 0 Å². The summed E-state index contributed by atoms with van der Waals surface area (Å²) in [6, 6.07) is 8.02. The van der Waals surface area contributed by atoms with Crippen LogP contribution in [0.25, 0.3) is 0 Å². The number of nitrogens with one attached hydrogen (secondary N) is 1. The molecular weight excluding hydrogens is 316 g/mol. The smallest absolute Gasteiger partial charge is 0.220 e. The Bertz CT molecular complexity index is 539. The molecule has 0 saturated carbocycles. The minimum Gasteiger partial charge on any atom is -0.491 e. The molecule has 2 N–H and O–H groups in total. The zero-order chi connectivity index (χ0) is 18.2. The number of rotatable bonds is 8. The van der Waals surface area contributed by atoms with Crippen LogP contribution in [0.15, 0.2) is 24.3 Å². The van der Waals surface area contributed by atoms with Crippen LogP contribution in [0.4, 0.5) is 0 Å². The van der Waals surface area contributed by atoms with Crippen LogP contribution in [0.3, 0.4) is 0 Å². The van der Waals surface area contributed by atoms with Crippen molar-refractivity contribution in [3.05, 3.63) is 29.8 Å². The third-order valence-electron chi connectivity index (χ3n) is 4.90. The largest absolute Gasteiger partial charge is 0.491 e. The van der Waals surface area contributed by atoms with E-state index in [9.17, 15) is 9.90 Å². The summed E-state index contributed by atoms with van der Waals surface area (Å²) in [5.41, 5.74) is 1.17. The van der Waals surface area contributed by atoms with E-state index >= 15 is 0 Å². The second kappa shape index (κ2) is 9.78. The molecule has 5 heteroatoms. The van der Waals surface area contributed by atoms with Gasteiger partial charge in [-0.1, -0.05) is 32.0 Å². The van der Waals surface area contributed by atoms with Gasteiger partial charge in [-0.15, -0.1) is 0 Å². The molecule has 0 aliphatic carbocycles. The van der Waals surface area contributed by atoms with Crippen LogP contribution in [0.5, 0.6) is 5.75 Å². The topological polar surface area (TPSA) is 61.8 Å². The van der Waals surface area contributed by atoms with Crippen molar-refractivity contribution >= 4 is 5.91 Å². The fourth-order valence-corrected chi connectivity index (χ4v) is 3.36. The summed E-state index contributed by atoms with van der Waals surface area (Å²) < 4.78 is 5.86. The van der Waals surface area contributed by atoms with Crippen LogP contribution in [-0.2, 0) is 4.79 Å². The first-order chi connectivity index (χ1) is 12.0. The Morgan fingerprint density at radius 2 is 2.00 bits per heavy atom. The van der Waals surface area contributed by atoms with E-state index in [4.69, 9.17) is 4.74 Å². The first kappa shape index (κ1) is 19.7. The summed E-state index contributed by atoms with van der Waals surface area (Å²) in [6.45, 7) is 7.07. The maximum Gasteiger partial charge on any atom is 0.220 e. The van der Waals surface area contributed by atoms with Crippen molar-refractivity contribution in [2.45, 2.75) is 45.1 Å². The molecule has 25 heavy (non-hydrogen) atoms. The lowest BCUT2D eigenvalue weighted by molar-refractivity contribution is -0.121. The molecule has 1 amide bonds. The van der Waals surface area contributed by atoms with Gasteiger partial charge in [0.05, 0.1) is 0 Å².